The van der Waals surface area contributed by atoms with Gasteiger partial charge in [-0.25, -0.2) is 9.38 Å². The first kappa shape index (κ1) is 11.7. The number of nitrogens with one attached hydrogen (secondary N) is 2. The van der Waals surface area contributed by atoms with Gasteiger partial charge in [0.2, 0.25) is 5.96 Å². The van der Waals surface area contributed by atoms with E-state index in [9.17, 15) is 14.0 Å². The normalized spacial score (nSPS) is 14.6. The number of rotatable bonds is 2. The van der Waals surface area contributed by atoms with E-state index in [0.717, 1.165) is 4.47 Å². The zero-order chi connectivity index (χ0) is 12.4. The number of hydrogen-bond donors (Lipinski definition) is 2. The lowest BCUT2D eigenvalue weighted by molar-refractivity contribution is -0.135. The molecule has 0 atom stereocenters. The molecule has 2 amide bonds. The summed E-state index contributed by atoms with van der Waals surface area (Å²) in [5.41, 5.74) is 0.363. The van der Waals surface area contributed by atoms with E-state index in [1.54, 1.807) is 12.1 Å². The Morgan fingerprint density at radius 3 is 2.53 bits per heavy atom. The zero-order valence-corrected chi connectivity index (χ0v) is 10.0. The lowest BCUT2D eigenvalue weighted by Crippen LogP contribution is -2.25. The van der Waals surface area contributed by atoms with Crippen LogP contribution in [0.15, 0.2) is 27.7 Å². The third-order valence-corrected chi connectivity index (χ3v) is 2.58. The Morgan fingerprint density at radius 2 is 1.88 bits per heavy atom. The Bertz CT molecular complexity index is 512. The van der Waals surface area contributed by atoms with Gasteiger partial charge in [-0.2, -0.15) is 0 Å². The van der Waals surface area contributed by atoms with Gasteiger partial charge in [-0.15, -0.1) is 0 Å². The number of benzene rings is 1. The summed E-state index contributed by atoms with van der Waals surface area (Å²) < 4.78 is 14.1. The Morgan fingerprint density at radius 1 is 1.24 bits per heavy atom. The first-order valence-electron chi connectivity index (χ1n) is 4.67. The molecule has 0 aromatic heterocycles. The van der Waals surface area contributed by atoms with E-state index >= 15 is 0 Å². The van der Waals surface area contributed by atoms with Gasteiger partial charge in [-0.3, -0.25) is 20.2 Å². The van der Waals surface area contributed by atoms with Crippen LogP contribution < -0.4 is 10.6 Å². The second-order valence-corrected chi connectivity index (χ2v) is 4.22. The molecular weight excluding hydrogens is 293 g/mol. The number of carbonyl (C=O) groups excluding carboxylic acids is 2. The second-order valence-electron chi connectivity index (χ2n) is 3.31. The van der Waals surface area contributed by atoms with Crippen molar-refractivity contribution in [2.45, 2.75) is 6.54 Å². The number of nitrogens with zero attached hydrogens (tertiary/aromatic N) is 1. The molecule has 1 saturated heterocycles. The molecular formula is C10H7BrFN3O2. The number of guanidine groups is 1. The molecule has 1 heterocycles. The molecule has 17 heavy (non-hydrogen) atoms. The van der Waals surface area contributed by atoms with Crippen molar-refractivity contribution in [2.75, 3.05) is 0 Å². The molecule has 2 rings (SSSR count). The minimum absolute atomic E-state index is 0.0289. The number of aliphatic imine (C=N–C) groups is 1. The highest BCUT2D eigenvalue weighted by Gasteiger charge is 2.24. The van der Waals surface area contributed by atoms with Crippen molar-refractivity contribution in [3.63, 3.8) is 0 Å². The summed E-state index contributed by atoms with van der Waals surface area (Å²) in [7, 11) is 0. The van der Waals surface area contributed by atoms with Crippen molar-refractivity contribution in [1.29, 1.82) is 0 Å². The van der Waals surface area contributed by atoms with Crippen LogP contribution in [0, 0.1) is 5.82 Å². The molecule has 0 spiro atoms. The summed E-state index contributed by atoms with van der Waals surface area (Å²) in [6, 6.07) is 4.47. The van der Waals surface area contributed by atoms with Crippen molar-refractivity contribution in [3.05, 3.63) is 34.1 Å². The van der Waals surface area contributed by atoms with Crippen molar-refractivity contribution in [2.24, 2.45) is 4.99 Å². The van der Waals surface area contributed by atoms with Gasteiger partial charge in [0.15, 0.2) is 0 Å². The molecule has 0 unspecified atom stereocenters. The van der Waals surface area contributed by atoms with E-state index in [1.165, 1.54) is 6.07 Å². The highest BCUT2D eigenvalue weighted by atomic mass is 79.9. The van der Waals surface area contributed by atoms with Crippen LogP contribution in [0.5, 0.6) is 0 Å². The monoisotopic (exact) mass is 299 g/mol. The molecule has 1 aromatic rings. The predicted octanol–water partition coefficient (Wildman–Crippen LogP) is 0.690. The lowest BCUT2D eigenvalue weighted by Gasteiger charge is -2.01. The fraction of sp³-hybridized carbons (Fsp3) is 0.100. The molecule has 1 aliphatic rings. The Kier molecular flexibility index (Phi) is 3.19. The average molecular weight is 300 g/mol. The summed E-state index contributed by atoms with van der Waals surface area (Å²) >= 11 is 3.21. The highest BCUT2D eigenvalue weighted by molar-refractivity contribution is 9.10. The van der Waals surface area contributed by atoms with Gasteiger partial charge in [0, 0.05) is 10.0 Å². The third kappa shape index (κ3) is 2.68. The Balaban J connectivity index is 2.12. The summed E-state index contributed by atoms with van der Waals surface area (Å²) in [6.07, 6.45) is 0. The minimum atomic E-state index is -0.765. The highest BCUT2D eigenvalue weighted by Crippen LogP contribution is 2.16. The maximum Gasteiger partial charge on any atom is 0.316 e. The van der Waals surface area contributed by atoms with Crippen LogP contribution in [0.2, 0.25) is 0 Å². The van der Waals surface area contributed by atoms with Gasteiger partial charge in [0.25, 0.3) is 0 Å². The van der Waals surface area contributed by atoms with Crippen LogP contribution in [-0.4, -0.2) is 17.8 Å². The predicted molar refractivity (Wildman–Crippen MR) is 61.5 cm³/mol. The van der Waals surface area contributed by atoms with Crippen LogP contribution in [-0.2, 0) is 16.1 Å². The quantitative estimate of drug-likeness (QED) is 0.789. The molecule has 0 saturated carbocycles. The van der Waals surface area contributed by atoms with Gasteiger partial charge in [0.05, 0.1) is 6.54 Å². The Hall–Kier alpha value is -1.76. The summed E-state index contributed by atoms with van der Waals surface area (Å²) in [4.78, 5) is 25.6. The topological polar surface area (TPSA) is 70.6 Å². The SMILES string of the molecule is O=C1NC(=NCc2cc(Br)ccc2F)NC1=O. The Labute approximate surface area is 104 Å². The lowest BCUT2D eigenvalue weighted by atomic mass is 10.2. The maximum absolute atomic E-state index is 13.3. The van der Waals surface area contributed by atoms with E-state index in [-0.39, 0.29) is 12.5 Å². The largest absolute Gasteiger partial charge is 0.316 e. The molecule has 2 N–H and O–H groups in total. The minimum Gasteiger partial charge on any atom is -0.288 e. The van der Waals surface area contributed by atoms with Gasteiger partial charge in [-0.05, 0) is 18.2 Å². The number of hydrogen-bond acceptors (Lipinski definition) is 3. The summed E-state index contributed by atoms with van der Waals surface area (Å²) in [6.45, 7) is 0.0289. The van der Waals surface area contributed by atoms with Crippen molar-refractivity contribution < 1.29 is 14.0 Å². The fourth-order valence-corrected chi connectivity index (χ4v) is 1.68. The molecule has 88 valence electrons. The van der Waals surface area contributed by atoms with E-state index in [4.69, 9.17) is 0 Å². The smallest absolute Gasteiger partial charge is 0.288 e. The summed E-state index contributed by atoms with van der Waals surface area (Å²) in [5, 5.41) is 4.45. The van der Waals surface area contributed by atoms with E-state index in [2.05, 4.69) is 31.6 Å². The molecule has 0 bridgehead atoms. The fourth-order valence-electron chi connectivity index (χ4n) is 1.27. The van der Waals surface area contributed by atoms with E-state index in [1.807, 2.05) is 0 Å². The van der Waals surface area contributed by atoms with Crippen LogP contribution in [0.1, 0.15) is 5.56 Å². The van der Waals surface area contributed by atoms with Gasteiger partial charge >= 0.3 is 11.8 Å². The number of amides is 2. The molecule has 1 fully saturated rings. The number of halogens is 2. The summed E-state index contributed by atoms with van der Waals surface area (Å²) in [5.74, 6) is -1.88. The number of carbonyl (C=O) groups is 2. The first-order valence-corrected chi connectivity index (χ1v) is 5.46. The van der Waals surface area contributed by atoms with Crippen molar-refractivity contribution in [1.82, 2.24) is 10.6 Å². The van der Waals surface area contributed by atoms with E-state index < -0.39 is 17.6 Å². The average Bonchev–Trinajstić information content (AvgIpc) is 2.60. The van der Waals surface area contributed by atoms with Gasteiger partial charge < -0.3 is 0 Å². The van der Waals surface area contributed by atoms with Gasteiger partial charge in [0.1, 0.15) is 5.82 Å². The van der Waals surface area contributed by atoms with Crippen molar-refractivity contribution in [3.8, 4) is 0 Å². The van der Waals surface area contributed by atoms with Crippen molar-refractivity contribution >= 4 is 33.7 Å². The molecule has 5 nitrogen and oxygen atoms in total. The first-order chi connectivity index (χ1) is 8.06. The van der Waals surface area contributed by atoms with Crippen LogP contribution >= 0.6 is 15.9 Å². The standard InChI is InChI=1S/C10H7BrFN3O2/c11-6-1-2-7(12)5(3-6)4-13-10-14-8(16)9(17)15-10/h1-3H,4H2,(H2,13,14,15,16,17). The van der Waals surface area contributed by atoms with E-state index in [0.29, 0.717) is 5.56 Å². The molecule has 1 aliphatic heterocycles. The van der Waals surface area contributed by atoms with Crippen LogP contribution in [0.3, 0.4) is 0 Å². The molecule has 7 heteroatoms. The molecule has 1 aromatic carbocycles. The van der Waals surface area contributed by atoms with Crippen LogP contribution in [0.4, 0.5) is 4.39 Å². The molecule has 0 radical (unpaired) electrons. The third-order valence-electron chi connectivity index (χ3n) is 2.09. The van der Waals surface area contributed by atoms with Gasteiger partial charge in [-0.1, -0.05) is 15.9 Å². The maximum atomic E-state index is 13.3. The molecule has 0 aliphatic carbocycles. The van der Waals surface area contributed by atoms with Crippen LogP contribution in [0.25, 0.3) is 0 Å². The second kappa shape index (κ2) is 4.62. The zero-order valence-electron chi connectivity index (χ0n) is 8.46.